The van der Waals surface area contributed by atoms with Crippen LogP contribution in [0.15, 0.2) is 357 Å². The van der Waals surface area contributed by atoms with Gasteiger partial charge in [0.05, 0.1) is 16.2 Å². The number of hydrogen-bond donors (Lipinski definition) is 0. The summed E-state index contributed by atoms with van der Waals surface area (Å²) < 4.78 is 0. The first-order chi connectivity index (χ1) is 47.7. The van der Waals surface area contributed by atoms with E-state index in [1.54, 1.807) is 0 Å². The highest BCUT2D eigenvalue weighted by molar-refractivity contribution is 6.08. The summed E-state index contributed by atoms with van der Waals surface area (Å²) in [5.41, 5.74) is 30.4. The van der Waals surface area contributed by atoms with Gasteiger partial charge in [-0.15, -0.1) is 0 Å². The van der Waals surface area contributed by atoms with Crippen molar-refractivity contribution in [1.82, 2.24) is 0 Å². The van der Waals surface area contributed by atoms with Gasteiger partial charge in [0.15, 0.2) is 0 Å². The lowest BCUT2D eigenvalue weighted by Crippen LogP contribution is -2.41. The molecule has 18 rings (SSSR count). The van der Waals surface area contributed by atoms with Crippen LogP contribution in [0.4, 0.5) is 22.7 Å². The Morgan fingerprint density at radius 3 is 1.32 bits per heavy atom. The largest absolute Gasteiger partial charge is 0.344 e. The fraction of sp³-hybridized carbons (Fsp3) is 0.0947. The average Bonchev–Trinajstić information content (AvgIpc) is 1.65. The van der Waals surface area contributed by atoms with E-state index in [0.29, 0.717) is 0 Å². The van der Waals surface area contributed by atoms with Crippen molar-refractivity contribution in [2.24, 2.45) is 0 Å². The first-order valence-corrected chi connectivity index (χ1v) is 34.2. The van der Waals surface area contributed by atoms with E-state index in [4.69, 9.17) is 0 Å². The Bertz CT molecular complexity index is 5400. The summed E-state index contributed by atoms with van der Waals surface area (Å²) in [5, 5.41) is 2.52. The van der Waals surface area contributed by atoms with Crippen molar-refractivity contribution in [2.45, 2.75) is 42.4 Å². The van der Waals surface area contributed by atoms with Gasteiger partial charge in [-0.3, -0.25) is 0 Å². The summed E-state index contributed by atoms with van der Waals surface area (Å²) in [4.78, 5) is 4.89. The number of rotatable bonds is 7. The Morgan fingerprint density at radius 1 is 0.299 bits per heavy atom. The predicted molar refractivity (Wildman–Crippen MR) is 406 cm³/mol. The molecule has 5 aliphatic rings. The lowest BCUT2D eigenvalue weighted by molar-refractivity contribution is 0.675. The molecule has 462 valence electrons. The molecule has 0 radical (unpaired) electrons. The van der Waals surface area contributed by atoms with Crippen molar-refractivity contribution >= 4 is 44.7 Å². The Kier molecular flexibility index (Phi) is 13.3. The fourth-order valence-corrected chi connectivity index (χ4v) is 18.7. The van der Waals surface area contributed by atoms with Crippen molar-refractivity contribution in [3.8, 4) is 22.3 Å². The molecule has 1 spiro atoms. The molecule has 13 aromatic carbocycles. The number of allylic oxidation sites excluding steroid dienone is 10. The minimum Gasteiger partial charge on any atom is -0.344 e. The molecular formula is C95H72N2. The number of hydrogen-bond acceptors (Lipinski definition) is 2. The zero-order valence-corrected chi connectivity index (χ0v) is 55.3. The second kappa shape index (κ2) is 22.3. The molecule has 0 amide bonds. The van der Waals surface area contributed by atoms with E-state index in [1.807, 2.05) is 0 Å². The first-order valence-electron chi connectivity index (χ1n) is 34.2. The third-order valence-corrected chi connectivity index (χ3v) is 22.6. The molecule has 0 fully saturated rings. The van der Waals surface area contributed by atoms with Crippen LogP contribution in [0.3, 0.4) is 0 Å². The molecule has 1 unspecified atom stereocenters. The molecular weight excluding hydrogens is 1170 g/mol. The van der Waals surface area contributed by atoms with E-state index in [-0.39, 0.29) is 0 Å². The molecule has 97 heavy (non-hydrogen) atoms. The van der Waals surface area contributed by atoms with E-state index >= 15 is 0 Å². The maximum absolute atomic E-state index is 2.56. The summed E-state index contributed by atoms with van der Waals surface area (Å²) >= 11 is 0. The number of anilines is 4. The van der Waals surface area contributed by atoms with Gasteiger partial charge in [-0.2, -0.15) is 0 Å². The van der Waals surface area contributed by atoms with Crippen LogP contribution in [0, 0.1) is 0 Å². The van der Waals surface area contributed by atoms with Crippen LogP contribution in [0.2, 0.25) is 0 Å². The lowest BCUT2D eigenvalue weighted by atomic mass is 9.56. The zero-order valence-electron chi connectivity index (χ0n) is 55.3. The number of fused-ring (bicyclic) bond motifs is 16. The summed E-state index contributed by atoms with van der Waals surface area (Å²) in [6.45, 7) is 7.21. The quantitative estimate of drug-likeness (QED) is 0.157. The van der Waals surface area contributed by atoms with Gasteiger partial charge in [-0.25, -0.2) is 0 Å². The second-order valence-electron chi connectivity index (χ2n) is 27.2. The van der Waals surface area contributed by atoms with Crippen LogP contribution in [0.1, 0.15) is 104 Å². The van der Waals surface area contributed by atoms with Gasteiger partial charge >= 0.3 is 0 Å². The Balaban J connectivity index is 0.961. The van der Waals surface area contributed by atoms with E-state index < -0.39 is 21.7 Å². The van der Waals surface area contributed by atoms with Gasteiger partial charge in [0, 0.05) is 47.8 Å². The minimum absolute atomic E-state index is 0.589. The van der Waals surface area contributed by atoms with Crippen molar-refractivity contribution in [2.75, 3.05) is 23.9 Å². The molecule has 2 aliphatic heterocycles. The average molecular weight is 1240 g/mol. The van der Waals surface area contributed by atoms with Crippen LogP contribution in [0.25, 0.3) is 44.2 Å². The van der Waals surface area contributed by atoms with Gasteiger partial charge in [0.2, 0.25) is 0 Å². The molecule has 13 aromatic rings. The maximum Gasteiger partial charge on any atom is 0.0748 e. The third kappa shape index (κ3) is 8.02. The molecule has 0 saturated heterocycles. The van der Waals surface area contributed by atoms with Crippen LogP contribution in [0.5, 0.6) is 0 Å². The van der Waals surface area contributed by atoms with Crippen molar-refractivity contribution in [3.05, 3.63) is 440 Å². The van der Waals surface area contributed by atoms with E-state index in [1.165, 1.54) is 150 Å². The minimum atomic E-state index is -0.866. The Morgan fingerprint density at radius 2 is 0.732 bits per heavy atom. The maximum atomic E-state index is 2.56. The molecule has 0 N–H and O–H groups in total. The molecule has 1 atom stereocenters. The Labute approximate surface area is 570 Å². The number of para-hydroxylation sites is 2. The highest BCUT2D eigenvalue weighted by Crippen LogP contribution is 2.67. The van der Waals surface area contributed by atoms with Gasteiger partial charge in [-0.05, 0) is 178 Å². The molecule has 2 heterocycles. The summed E-state index contributed by atoms with van der Waals surface area (Å²) in [5.74, 6) is 0. The molecule has 0 aromatic heterocycles. The van der Waals surface area contributed by atoms with Crippen molar-refractivity contribution in [3.63, 3.8) is 0 Å². The highest BCUT2D eigenvalue weighted by Gasteiger charge is 2.55. The van der Waals surface area contributed by atoms with Crippen molar-refractivity contribution < 1.29 is 0 Å². The first kappa shape index (κ1) is 58.0. The monoisotopic (exact) mass is 1240 g/mol. The van der Waals surface area contributed by atoms with Gasteiger partial charge in [-0.1, -0.05) is 322 Å². The molecule has 2 nitrogen and oxygen atoms in total. The summed E-state index contributed by atoms with van der Waals surface area (Å²) in [6.07, 6.45) is 14.7. The smallest absolute Gasteiger partial charge is 0.0748 e. The standard InChI is InChI=1S/C95H72N2/c1-63-33-28-54-76(73-47-30-58-85-90(73)93(66-36-10-6-11-37-66,67-38-12-7-13-39-67)79-52-24-26-56-83(79)96(85)4)92(3,82-55-31-59-86-91(82)94(68-40-14-8-15-41-68,69-42-16-9-17-43-69)80-53-25-27-57-84(80)97(86)5)62-32-34-64(2)87(63)74-48-29-49-75-88-70-44-19-18-35-65(70)60-61-81(88)95(89(74)75)77-50-22-20-45-71(77)72-46-21-23-51-78(72)95/h6-62H,1-5H3/b33-28-,62-32-,64-34+,76-54+,87-63-. The summed E-state index contributed by atoms with van der Waals surface area (Å²) in [6, 6.07) is 117. The topological polar surface area (TPSA) is 6.48 Å². The van der Waals surface area contributed by atoms with Crippen molar-refractivity contribution in [1.29, 1.82) is 0 Å². The fourth-order valence-electron chi connectivity index (χ4n) is 18.7. The van der Waals surface area contributed by atoms with Gasteiger partial charge < -0.3 is 9.80 Å². The molecule has 3 aliphatic carbocycles. The SMILES string of the molecule is CC1=C(c2cccc3c2C2(c4ccccc4-c4ccccc42)c2ccc4ccccc4c2-3)\C(C)=C\C=C/C(C)(c2cccc3c2C(c2ccccc2)(c2ccccc2)c2ccccc2N3C)/C(c2cccc3c2C(c2ccccc2)(c2ccccc2)c2ccccc2N3C)=C/C=C\1. The van der Waals surface area contributed by atoms with Crippen LogP contribution >= 0.6 is 0 Å². The van der Waals surface area contributed by atoms with Gasteiger partial charge in [0.1, 0.15) is 0 Å². The third-order valence-electron chi connectivity index (χ3n) is 22.6. The van der Waals surface area contributed by atoms with Crippen LogP contribution in [-0.2, 0) is 21.7 Å². The number of nitrogens with zero attached hydrogens (tertiary/aromatic N) is 2. The molecule has 0 bridgehead atoms. The second-order valence-corrected chi connectivity index (χ2v) is 27.2. The summed E-state index contributed by atoms with van der Waals surface area (Å²) in [7, 11) is 4.53. The van der Waals surface area contributed by atoms with Crippen LogP contribution in [-0.4, -0.2) is 14.1 Å². The lowest BCUT2D eigenvalue weighted by Gasteiger charge is -2.49. The van der Waals surface area contributed by atoms with E-state index in [9.17, 15) is 0 Å². The zero-order chi connectivity index (χ0) is 65.2. The molecule has 2 heteroatoms. The predicted octanol–water partition coefficient (Wildman–Crippen LogP) is 23.0. The van der Waals surface area contributed by atoms with E-state index in [2.05, 4.69) is 391 Å². The van der Waals surface area contributed by atoms with E-state index in [0.717, 1.165) is 11.4 Å². The highest BCUT2D eigenvalue weighted by atomic mass is 15.1. The normalized spacial score (nSPS) is 19.6. The Hall–Kier alpha value is -11.6. The van der Waals surface area contributed by atoms with Gasteiger partial charge in [0.25, 0.3) is 0 Å². The number of benzene rings is 13. The molecule has 0 saturated carbocycles. The van der Waals surface area contributed by atoms with Crippen LogP contribution < -0.4 is 9.80 Å².